The van der Waals surface area contributed by atoms with E-state index in [1.807, 2.05) is 0 Å². The van der Waals surface area contributed by atoms with E-state index in [0.717, 1.165) is 0 Å². The van der Waals surface area contributed by atoms with Crippen LogP contribution in [0.5, 0.6) is 0 Å². The Bertz CT molecular complexity index is 491. The Labute approximate surface area is 149 Å². The molecule has 0 saturated carbocycles. The highest BCUT2D eigenvalue weighted by Gasteiger charge is 1.99. The fraction of sp³-hybridized carbons (Fsp3) is 0.625. The van der Waals surface area contributed by atoms with Crippen molar-refractivity contribution in [1.82, 2.24) is 15.2 Å². The van der Waals surface area contributed by atoms with Gasteiger partial charge in [0.1, 0.15) is 0 Å². The van der Waals surface area contributed by atoms with Crippen molar-refractivity contribution in [3.63, 3.8) is 0 Å². The Morgan fingerprint density at radius 3 is 1.74 bits per heavy atom. The van der Waals surface area contributed by atoms with Gasteiger partial charge in [-0.2, -0.15) is 0 Å². The molecule has 0 rings (SSSR count). The van der Waals surface area contributed by atoms with Gasteiger partial charge in [-0.05, 0) is 62.7 Å². The van der Waals surface area contributed by atoms with E-state index in [-0.39, 0.29) is 5.11 Å². The van der Waals surface area contributed by atoms with Crippen molar-refractivity contribution in [2.24, 2.45) is 47.4 Å². The number of nitrogens with zero attached hydrogens (tertiary/aromatic N) is 10. The van der Waals surface area contributed by atoms with Crippen molar-refractivity contribution in [1.29, 1.82) is 0 Å². The molecule has 0 amide bonds. The van der Waals surface area contributed by atoms with Gasteiger partial charge in [-0.1, -0.05) is 22.6 Å². The Kier molecular flexibility index (Phi) is 14.9. The summed E-state index contributed by atoms with van der Waals surface area (Å²) in [7, 11) is 6.89. The standard InChI is InChI=1S/C6H13N11S2.C2H5NS/c1-16(2)6(19)7-5(18)8-9-10-11-12-13-14-15-17(3)4;1-2(3)4/h1-4H3,(H,7,18,19);1H3,(H2,3,4)/b9-8?,11-10+,13-12+,15-14+;. The summed E-state index contributed by atoms with van der Waals surface area (Å²) in [5.41, 5.74) is 4.84. The third-order valence-corrected chi connectivity index (χ3v) is 1.83. The first-order valence-corrected chi connectivity index (χ1v) is 6.96. The zero-order chi connectivity index (χ0) is 18.3. The minimum atomic E-state index is 0.0573. The van der Waals surface area contributed by atoms with E-state index < -0.39 is 0 Å². The van der Waals surface area contributed by atoms with E-state index in [1.165, 1.54) is 5.01 Å². The molecule has 15 heteroatoms. The Morgan fingerprint density at radius 2 is 1.30 bits per heavy atom. The summed E-state index contributed by atoms with van der Waals surface area (Å²) >= 11 is 14.1. The van der Waals surface area contributed by atoms with E-state index in [0.29, 0.717) is 10.1 Å². The number of thiocarbonyl (C=S) groups is 3. The van der Waals surface area contributed by atoms with Crippen molar-refractivity contribution in [3.8, 4) is 0 Å². The summed E-state index contributed by atoms with van der Waals surface area (Å²) in [5.74, 6) is 0. The van der Waals surface area contributed by atoms with Gasteiger partial charge < -0.3 is 16.0 Å². The Hall–Kier alpha value is -2.13. The van der Waals surface area contributed by atoms with Gasteiger partial charge in [-0.3, -0.25) is 5.01 Å². The summed E-state index contributed by atoms with van der Waals surface area (Å²) in [4.78, 5) is 2.16. The van der Waals surface area contributed by atoms with Gasteiger partial charge in [-0.25, -0.2) is 0 Å². The molecule has 23 heavy (non-hydrogen) atoms. The molecule has 0 spiro atoms. The van der Waals surface area contributed by atoms with Gasteiger partial charge in [0.2, 0.25) is 5.11 Å². The molecule has 128 valence electrons. The number of nitrogens with two attached hydrogens (primary N) is 1. The largest absolute Gasteiger partial charge is 0.394 e. The number of nitrogens with one attached hydrogen (secondary N) is 1. The van der Waals surface area contributed by atoms with Crippen LogP contribution in [0.25, 0.3) is 0 Å². The van der Waals surface area contributed by atoms with Gasteiger partial charge in [-0.15, -0.1) is 0 Å². The highest BCUT2D eigenvalue weighted by atomic mass is 32.1. The molecular formula is C8H18N12S3. The lowest BCUT2D eigenvalue weighted by molar-refractivity contribution is 0.397. The summed E-state index contributed by atoms with van der Waals surface area (Å²) < 4.78 is 0. The molecule has 0 aliphatic heterocycles. The van der Waals surface area contributed by atoms with Crippen LogP contribution < -0.4 is 11.1 Å². The van der Waals surface area contributed by atoms with Gasteiger partial charge in [0.05, 0.1) is 4.99 Å². The second-order valence-electron chi connectivity index (χ2n) is 3.81. The molecule has 0 radical (unpaired) electrons. The lowest BCUT2D eigenvalue weighted by atomic mass is 10.8. The molecule has 0 aliphatic rings. The highest BCUT2D eigenvalue weighted by Crippen LogP contribution is 1.88. The van der Waals surface area contributed by atoms with Gasteiger partial charge in [0.15, 0.2) is 5.11 Å². The van der Waals surface area contributed by atoms with E-state index in [4.69, 9.17) is 30.2 Å². The Morgan fingerprint density at radius 1 is 0.870 bits per heavy atom. The number of rotatable bonds is 4. The monoisotopic (exact) mass is 378 g/mol. The minimum Gasteiger partial charge on any atom is -0.394 e. The zero-order valence-corrected chi connectivity index (χ0v) is 15.7. The van der Waals surface area contributed by atoms with E-state index in [9.17, 15) is 0 Å². The zero-order valence-electron chi connectivity index (χ0n) is 13.3. The van der Waals surface area contributed by atoms with Crippen LogP contribution in [0.1, 0.15) is 6.92 Å². The van der Waals surface area contributed by atoms with Crippen LogP contribution in [0, 0.1) is 0 Å². The summed E-state index contributed by atoms with van der Waals surface area (Å²) in [6.45, 7) is 1.68. The van der Waals surface area contributed by atoms with Crippen LogP contribution in [-0.2, 0) is 0 Å². The lowest BCUT2D eigenvalue weighted by Crippen LogP contribution is -2.36. The summed E-state index contributed by atoms with van der Waals surface area (Å²) in [6, 6.07) is 0. The number of hydrogen-bond acceptors (Lipinski definition) is 4. The molecule has 0 aromatic heterocycles. The highest BCUT2D eigenvalue weighted by molar-refractivity contribution is 7.81. The second kappa shape index (κ2) is 14.8. The SMILES string of the molecule is CC(N)=S.CN(C)/N=N/N=N/N=N/N=NC(=S)NC(=S)N(C)C. The van der Waals surface area contributed by atoms with Crippen LogP contribution in [-0.4, -0.2) is 53.3 Å². The number of hydrogen-bond donors (Lipinski definition) is 2. The fourth-order valence-corrected chi connectivity index (χ4v) is 0.753. The van der Waals surface area contributed by atoms with Crippen molar-refractivity contribution >= 4 is 51.9 Å². The van der Waals surface area contributed by atoms with Gasteiger partial charge >= 0.3 is 0 Å². The van der Waals surface area contributed by atoms with Gasteiger partial charge in [0.25, 0.3) is 0 Å². The van der Waals surface area contributed by atoms with Crippen LogP contribution in [0.4, 0.5) is 0 Å². The normalized spacial score (nSPS) is 10.8. The van der Waals surface area contributed by atoms with Crippen molar-refractivity contribution in [3.05, 3.63) is 0 Å². The first-order chi connectivity index (χ1) is 10.7. The Balaban J connectivity index is 0. The molecule has 12 nitrogen and oxygen atoms in total. The molecule has 0 aromatic rings. The predicted molar refractivity (Wildman–Crippen MR) is 97.6 cm³/mol. The van der Waals surface area contributed by atoms with Gasteiger partial charge in [0, 0.05) is 28.2 Å². The average Bonchev–Trinajstić information content (AvgIpc) is 2.40. The minimum absolute atomic E-state index is 0.0573. The first kappa shape index (κ1) is 23.1. The molecule has 0 atom stereocenters. The topological polar surface area (TPSA) is 143 Å². The second-order valence-corrected chi connectivity index (χ2v) is 5.23. The molecule has 0 heterocycles. The summed E-state index contributed by atoms with van der Waals surface area (Å²) in [5, 5.41) is 30.9. The van der Waals surface area contributed by atoms with Crippen LogP contribution in [0.3, 0.4) is 0 Å². The van der Waals surface area contributed by atoms with Crippen LogP contribution in [0.2, 0.25) is 0 Å². The lowest BCUT2D eigenvalue weighted by Gasteiger charge is -2.12. The van der Waals surface area contributed by atoms with Crippen LogP contribution in [0.15, 0.2) is 41.7 Å². The molecule has 0 saturated heterocycles. The summed E-state index contributed by atoms with van der Waals surface area (Å²) in [6.07, 6.45) is 0. The van der Waals surface area contributed by atoms with E-state index in [2.05, 4.69) is 59.2 Å². The maximum Gasteiger partial charge on any atom is 0.221 e. The van der Waals surface area contributed by atoms with Crippen molar-refractivity contribution < 1.29 is 0 Å². The molecule has 0 aliphatic carbocycles. The molecule has 0 unspecified atom stereocenters. The average molecular weight is 379 g/mol. The van der Waals surface area contributed by atoms with Crippen molar-refractivity contribution in [2.75, 3.05) is 28.2 Å². The maximum atomic E-state index is 4.94. The van der Waals surface area contributed by atoms with Crippen molar-refractivity contribution in [2.45, 2.75) is 6.92 Å². The van der Waals surface area contributed by atoms with E-state index in [1.54, 1.807) is 40.0 Å². The predicted octanol–water partition coefficient (Wildman–Crippen LogP) is 2.03. The molecule has 0 bridgehead atoms. The fourth-order valence-electron chi connectivity index (χ4n) is 0.458. The first-order valence-electron chi connectivity index (χ1n) is 5.74. The molecule has 0 aromatic carbocycles. The molecular weight excluding hydrogens is 360 g/mol. The van der Waals surface area contributed by atoms with Crippen LogP contribution >= 0.6 is 36.7 Å². The third kappa shape index (κ3) is 22.3. The van der Waals surface area contributed by atoms with E-state index >= 15 is 0 Å². The maximum absolute atomic E-state index is 4.94. The quantitative estimate of drug-likeness (QED) is 0.432. The molecule has 3 N–H and O–H groups in total. The smallest absolute Gasteiger partial charge is 0.221 e. The molecule has 0 fully saturated rings. The third-order valence-electron chi connectivity index (χ3n) is 1.17.